The lowest BCUT2D eigenvalue weighted by atomic mass is 9.97. The molecule has 0 bridgehead atoms. The Morgan fingerprint density at radius 2 is 1.86 bits per heavy atom. The van der Waals surface area contributed by atoms with Gasteiger partial charge in [-0.15, -0.1) is 0 Å². The number of rotatable bonds is 3. The van der Waals surface area contributed by atoms with Gasteiger partial charge in [0.1, 0.15) is 11.5 Å². The van der Waals surface area contributed by atoms with E-state index in [2.05, 4.69) is 6.92 Å². The lowest BCUT2D eigenvalue weighted by Gasteiger charge is -2.33. The first-order valence-electron chi connectivity index (χ1n) is 9.46. The summed E-state index contributed by atoms with van der Waals surface area (Å²) < 4.78 is 13.8. The van der Waals surface area contributed by atoms with Crippen molar-refractivity contribution in [1.82, 2.24) is 4.90 Å². The van der Waals surface area contributed by atoms with Gasteiger partial charge in [-0.3, -0.25) is 9.59 Å². The molecule has 0 spiro atoms. The molecule has 0 aliphatic carbocycles. The van der Waals surface area contributed by atoms with Crippen LogP contribution in [0.3, 0.4) is 0 Å². The largest absolute Gasteiger partial charge is 0.366 e. The van der Waals surface area contributed by atoms with Crippen LogP contribution in [0.1, 0.15) is 25.3 Å². The number of carbonyl (C=O) groups excluding carboxylic acids is 2. The Bertz CT molecular complexity index is 1040. The summed E-state index contributed by atoms with van der Waals surface area (Å²) in [4.78, 5) is 29.8. The summed E-state index contributed by atoms with van der Waals surface area (Å²) >= 11 is 12.4. The third kappa shape index (κ3) is 3.65. The summed E-state index contributed by atoms with van der Waals surface area (Å²) in [6.07, 6.45) is 1.99. The molecule has 4 nitrogen and oxygen atoms in total. The molecule has 0 saturated carbocycles. The molecule has 4 rings (SSSR count). The third-order valence-electron chi connectivity index (χ3n) is 5.30. The van der Waals surface area contributed by atoms with Crippen LogP contribution in [0, 0.1) is 11.7 Å². The fraction of sp³-hybridized carbons (Fsp3) is 0.273. The molecule has 7 heteroatoms. The molecular formula is C22H19Cl2FN2O2. The molecule has 150 valence electrons. The summed E-state index contributed by atoms with van der Waals surface area (Å²) in [6.45, 7) is 3.46. The van der Waals surface area contributed by atoms with E-state index in [0.29, 0.717) is 35.3 Å². The van der Waals surface area contributed by atoms with Crippen molar-refractivity contribution in [3.05, 3.63) is 69.6 Å². The van der Waals surface area contributed by atoms with Gasteiger partial charge >= 0.3 is 0 Å². The minimum atomic E-state index is -0.519. The van der Waals surface area contributed by atoms with Gasteiger partial charge in [0.2, 0.25) is 0 Å². The van der Waals surface area contributed by atoms with Crippen molar-refractivity contribution >= 4 is 46.3 Å². The van der Waals surface area contributed by atoms with Crippen LogP contribution in [0.4, 0.5) is 10.1 Å². The van der Waals surface area contributed by atoms with E-state index in [1.807, 2.05) is 4.90 Å². The van der Waals surface area contributed by atoms with Gasteiger partial charge in [0.15, 0.2) is 0 Å². The number of hydrogen-bond acceptors (Lipinski definition) is 3. The quantitative estimate of drug-likeness (QED) is 0.629. The minimum Gasteiger partial charge on any atom is -0.366 e. The van der Waals surface area contributed by atoms with Gasteiger partial charge in [-0.25, -0.2) is 9.29 Å². The summed E-state index contributed by atoms with van der Waals surface area (Å²) in [5, 5.41) is 0.726. The molecule has 2 aromatic carbocycles. The van der Waals surface area contributed by atoms with Crippen LogP contribution in [0.5, 0.6) is 0 Å². The number of halogens is 3. The monoisotopic (exact) mass is 432 g/mol. The zero-order valence-electron chi connectivity index (χ0n) is 15.8. The molecule has 0 N–H and O–H groups in total. The van der Waals surface area contributed by atoms with Crippen molar-refractivity contribution < 1.29 is 14.0 Å². The fourth-order valence-electron chi connectivity index (χ4n) is 3.99. The Morgan fingerprint density at radius 1 is 1.07 bits per heavy atom. The SMILES string of the molecule is CC1CCCN(C2=C(c3ccc(Cl)cc3Cl)C(=O)N(c3cccc(F)c3)C2=O)C1. The van der Waals surface area contributed by atoms with E-state index in [9.17, 15) is 14.0 Å². The average molecular weight is 433 g/mol. The highest BCUT2D eigenvalue weighted by molar-refractivity contribution is 6.47. The lowest BCUT2D eigenvalue weighted by Crippen LogP contribution is -2.39. The van der Waals surface area contributed by atoms with E-state index in [1.165, 1.54) is 18.2 Å². The Morgan fingerprint density at radius 3 is 2.55 bits per heavy atom. The molecule has 2 aromatic rings. The highest BCUT2D eigenvalue weighted by atomic mass is 35.5. The van der Waals surface area contributed by atoms with Crippen LogP contribution in [-0.2, 0) is 9.59 Å². The highest BCUT2D eigenvalue weighted by Gasteiger charge is 2.43. The molecule has 0 aromatic heterocycles. The van der Waals surface area contributed by atoms with Crippen molar-refractivity contribution in [2.24, 2.45) is 5.92 Å². The molecule has 2 aliphatic rings. The first-order chi connectivity index (χ1) is 13.9. The number of amides is 2. The third-order valence-corrected chi connectivity index (χ3v) is 5.85. The second-order valence-corrected chi connectivity index (χ2v) is 8.31. The van der Waals surface area contributed by atoms with Gasteiger partial charge in [0.05, 0.1) is 16.3 Å². The van der Waals surface area contributed by atoms with Crippen LogP contribution in [0.15, 0.2) is 48.2 Å². The number of imide groups is 1. The maximum absolute atomic E-state index is 13.8. The summed E-state index contributed by atoms with van der Waals surface area (Å²) in [5.74, 6) is -1.10. The van der Waals surface area contributed by atoms with E-state index >= 15 is 0 Å². The maximum atomic E-state index is 13.8. The summed E-state index contributed by atoms with van der Waals surface area (Å²) in [6, 6.07) is 10.3. The molecule has 2 heterocycles. The summed E-state index contributed by atoms with van der Waals surface area (Å²) in [7, 11) is 0. The first-order valence-corrected chi connectivity index (χ1v) is 10.2. The van der Waals surface area contributed by atoms with Gasteiger partial charge in [0, 0.05) is 23.7 Å². The predicted octanol–water partition coefficient (Wildman–Crippen LogP) is 5.15. The van der Waals surface area contributed by atoms with Crippen molar-refractivity contribution in [3.8, 4) is 0 Å². The molecule has 1 unspecified atom stereocenters. The molecule has 2 aliphatic heterocycles. The van der Waals surface area contributed by atoms with Gasteiger partial charge in [-0.2, -0.15) is 0 Å². The van der Waals surface area contributed by atoms with Crippen molar-refractivity contribution in [3.63, 3.8) is 0 Å². The summed E-state index contributed by atoms with van der Waals surface area (Å²) in [5.41, 5.74) is 1.19. The molecule has 29 heavy (non-hydrogen) atoms. The van der Waals surface area contributed by atoms with Crippen LogP contribution in [0.2, 0.25) is 10.0 Å². The van der Waals surface area contributed by atoms with Crippen LogP contribution in [0.25, 0.3) is 5.57 Å². The van der Waals surface area contributed by atoms with Crippen molar-refractivity contribution in [2.45, 2.75) is 19.8 Å². The molecule has 1 saturated heterocycles. The van der Waals surface area contributed by atoms with Crippen LogP contribution in [-0.4, -0.2) is 29.8 Å². The average Bonchev–Trinajstić information content (AvgIpc) is 2.92. The number of hydrogen-bond donors (Lipinski definition) is 0. The molecule has 0 radical (unpaired) electrons. The smallest absolute Gasteiger partial charge is 0.282 e. The Hall–Kier alpha value is -2.37. The predicted molar refractivity (Wildman–Crippen MR) is 112 cm³/mol. The fourth-order valence-corrected chi connectivity index (χ4v) is 4.49. The van der Waals surface area contributed by atoms with E-state index in [4.69, 9.17) is 23.2 Å². The van der Waals surface area contributed by atoms with E-state index in [0.717, 1.165) is 17.7 Å². The zero-order valence-corrected chi connectivity index (χ0v) is 17.3. The first kappa shape index (κ1) is 19.9. The zero-order chi connectivity index (χ0) is 20.7. The van der Waals surface area contributed by atoms with Gasteiger partial charge in [-0.1, -0.05) is 42.3 Å². The minimum absolute atomic E-state index is 0.197. The number of carbonyl (C=O) groups is 2. The van der Waals surface area contributed by atoms with Gasteiger partial charge in [-0.05, 0) is 49.1 Å². The Balaban J connectivity index is 1.87. The standard InChI is InChI=1S/C22H19Cl2FN2O2/c1-13-4-3-9-26(12-13)20-19(17-8-7-14(23)10-18(17)24)21(28)27(22(20)29)16-6-2-5-15(25)11-16/h2,5-8,10-11,13H,3-4,9,12H2,1H3. The van der Waals surface area contributed by atoms with E-state index in [-0.39, 0.29) is 16.3 Å². The van der Waals surface area contributed by atoms with Gasteiger partial charge < -0.3 is 4.90 Å². The van der Waals surface area contributed by atoms with Crippen molar-refractivity contribution in [1.29, 1.82) is 0 Å². The number of likely N-dealkylation sites (tertiary alicyclic amines) is 1. The van der Waals surface area contributed by atoms with Crippen LogP contribution < -0.4 is 4.90 Å². The number of anilines is 1. The molecular weight excluding hydrogens is 414 g/mol. The van der Waals surface area contributed by atoms with E-state index in [1.54, 1.807) is 24.3 Å². The molecule has 1 fully saturated rings. The topological polar surface area (TPSA) is 40.6 Å². The highest BCUT2D eigenvalue weighted by Crippen LogP contribution is 2.39. The Kier molecular flexibility index (Phi) is 5.36. The van der Waals surface area contributed by atoms with E-state index < -0.39 is 17.6 Å². The number of benzene rings is 2. The molecule has 1 atom stereocenters. The number of nitrogens with zero attached hydrogens (tertiary/aromatic N) is 2. The number of piperidine rings is 1. The van der Waals surface area contributed by atoms with Crippen LogP contribution >= 0.6 is 23.2 Å². The molecule has 2 amide bonds. The second-order valence-electron chi connectivity index (χ2n) is 7.47. The Labute approximate surface area is 178 Å². The van der Waals surface area contributed by atoms with Crippen molar-refractivity contribution in [2.75, 3.05) is 18.0 Å². The van der Waals surface area contributed by atoms with Gasteiger partial charge in [0.25, 0.3) is 11.8 Å². The maximum Gasteiger partial charge on any atom is 0.282 e. The second kappa shape index (κ2) is 7.81. The lowest BCUT2D eigenvalue weighted by molar-refractivity contribution is -0.120. The normalized spacial score (nSPS) is 20.1.